The number of fused-ring (bicyclic) bond motifs is 1. The average molecular weight is 248 g/mol. The van der Waals surface area contributed by atoms with Crippen molar-refractivity contribution in [3.63, 3.8) is 0 Å². The Hall–Kier alpha value is -1.95. The molecular weight excluding hydrogens is 232 g/mol. The summed E-state index contributed by atoms with van der Waals surface area (Å²) in [5.41, 5.74) is 1.64. The fourth-order valence-electron chi connectivity index (χ4n) is 1.78. The van der Waals surface area contributed by atoms with Gasteiger partial charge in [0, 0.05) is 13.2 Å². The Morgan fingerprint density at radius 2 is 2.28 bits per heavy atom. The highest BCUT2D eigenvalue weighted by Gasteiger charge is 2.10. The lowest BCUT2D eigenvalue weighted by molar-refractivity contribution is -0.122. The zero-order valence-corrected chi connectivity index (χ0v) is 10.5. The average Bonchev–Trinajstić information content (AvgIpc) is 2.73. The number of nitrogens with zero attached hydrogens (tertiary/aromatic N) is 3. The number of para-hydroxylation sites is 1. The first-order valence-electron chi connectivity index (χ1n) is 5.77. The summed E-state index contributed by atoms with van der Waals surface area (Å²) < 4.78 is 6.55. The molecule has 18 heavy (non-hydrogen) atoms. The van der Waals surface area contributed by atoms with E-state index < -0.39 is 0 Å². The van der Waals surface area contributed by atoms with Gasteiger partial charge in [-0.3, -0.25) is 4.79 Å². The summed E-state index contributed by atoms with van der Waals surface area (Å²) in [7, 11) is 1.60. The van der Waals surface area contributed by atoms with Gasteiger partial charge in [0.15, 0.2) is 0 Å². The van der Waals surface area contributed by atoms with Gasteiger partial charge in [0.2, 0.25) is 5.91 Å². The lowest BCUT2D eigenvalue weighted by atomic mass is 10.3. The van der Waals surface area contributed by atoms with Crippen molar-refractivity contribution in [1.29, 1.82) is 0 Å². The first-order valence-corrected chi connectivity index (χ1v) is 5.77. The predicted molar refractivity (Wildman–Crippen MR) is 67.0 cm³/mol. The van der Waals surface area contributed by atoms with Gasteiger partial charge in [-0.05, 0) is 19.1 Å². The van der Waals surface area contributed by atoms with Gasteiger partial charge >= 0.3 is 0 Å². The third kappa shape index (κ3) is 2.84. The highest BCUT2D eigenvalue weighted by atomic mass is 16.5. The summed E-state index contributed by atoms with van der Waals surface area (Å²) in [6.07, 6.45) is 0. The van der Waals surface area contributed by atoms with Gasteiger partial charge in [-0.25, -0.2) is 4.68 Å². The number of hydrogen-bond donors (Lipinski definition) is 1. The maximum atomic E-state index is 11.8. The highest BCUT2D eigenvalue weighted by Crippen LogP contribution is 2.09. The van der Waals surface area contributed by atoms with Crippen LogP contribution in [-0.2, 0) is 16.1 Å². The molecule has 6 nitrogen and oxygen atoms in total. The predicted octanol–water partition coefficient (Wildman–Crippen LogP) is 0.582. The standard InChI is InChI=1S/C12H16N4O2/c1-9(8-18-2)13-12(17)7-16-11-6-4-3-5-10(11)14-15-16/h3-6,9H,7-8H2,1-2H3,(H,13,17). The van der Waals surface area contributed by atoms with E-state index in [0.717, 1.165) is 11.0 Å². The van der Waals surface area contributed by atoms with Gasteiger partial charge < -0.3 is 10.1 Å². The van der Waals surface area contributed by atoms with Crippen molar-refractivity contribution in [3.05, 3.63) is 24.3 Å². The lowest BCUT2D eigenvalue weighted by Gasteiger charge is -2.12. The first-order chi connectivity index (χ1) is 8.70. The van der Waals surface area contributed by atoms with Crippen molar-refractivity contribution in [3.8, 4) is 0 Å². The van der Waals surface area contributed by atoms with Crippen LogP contribution in [0.25, 0.3) is 11.0 Å². The fourth-order valence-corrected chi connectivity index (χ4v) is 1.78. The van der Waals surface area contributed by atoms with Gasteiger partial charge in [0.05, 0.1) is 12.1 Å². The molecule has 0 bridgehead atoms. The highest BCUT2D eigenvalue weighted by molar-refractivity contribution is 5.79. The summed E-state index contributed by atoms with van der Waals surface area (Å²) in [5.74, 6) is -0.102. The van der Waals surface area contributed by atoms with Gasteiger partial charge in [0.25, 0.3) is 0 Å². The Bertz CT molecular complexity index is 538. The Morgan fingerprint density at radius 3 is 3.06 bits per heavy atom. The van der Waals surface area contributed by atoms with Crippen LogP contribution in [0.3, 0.4) is 0 Å². The van der Waals surface area contributed by atoms with Crippen LogP contribution in [0, 0.1) is 0 Å². The lowest BCUT2D eigenvalue weighted by Crippen LogP contribution is -2.37. The number of rotatable bonds is 5. The van der Waals surface area contributed by atoms with Crippen LogP contribution in [0.1, 0.15) is 6.92 Å². The number of benzene rings is 1. The van der Waals surface area contributed by atoms with Gasteiger partial charge in [-0.2, -0.15) is 0 Å². The third-order valence-corrected chi connectivity index (χ3v) is 2.54. The molecule has 0 fully saturated rings. The maximum absolute atomic E-state index is 11.8. The summed E-state index contributed by atoms with van der Waals surface area (Å²) in [6, 6.07) is 7.53. The minimum atomic E-state index is -0.102. The molecular formula is C12H16N4O2. The van der Waals surface area contributed by atoms with E-state index in [-0.39, 0.29) is 18.5 Å². The van der Waals surface area contributed by atoms with Crippen LogP contribution in [-0.4, -0.2) is 40.7 Å². The first kappa shape index (κ1) is 12.5. The molecule has 0 radical (unpaired) electrons. The molecule has 1 heterocycles. The quantitative estimate of drug-likeness (QED) is 0.840. The van der Waals surface area contributed by atoms with E-state index in [1.165, 1.54) is 0 Å². The summed E-state index contributed by atoms with van der Waals surface area (Å²) in [6.45, 7) is 2.54. The van der Waals surface area contributed by atoms with Crippen molar-refractivity contribution in [2.45, 2.75) is 19.5 Å². The van der Waals surface area contributed by atoms with Crippen LogP contribution in [0.2, 0.25) is 0 Å². The largest absolute Gasteiger partial charge is 0.383 e. The van der Waals surface area contributed by atoms with Crippen LogP contribution < -0.4 is 5.32 Å². The minimum Gasteiger partial charge on any atom is -0.383 e. The number of carbonyl (C=O) groups excluding carboxylic acids is 1. The molecule has 0 saturated heterocycles. The van der Waals surface area contributed by atoms with Gasteiger partial charge in [0.1, 0.15) is 12.1 Å². The number of ether oxygens (including phenoxy) is 1. The summed E-state index contributed by atoms with van der Waals surface area (Å²) in [4.78, 5) is 11.8. The zero-order chi connectivity index (χ0) is 13.0. The van der Waals surface area contributed by atoms with Crippen molar-refractivity contribution < 1.29 is 9.53 Å². The number of amides is 1. The molecule has 1 atom stereocenters. The van der Waals surface area contributed by atoms with Crippen LogP contribution in [0.5, 0.6) is 0 Å². The SMILES string of the molecule is COCC(C)NC(=O)Cn1nnc2ccccc21. The topological polar surface area (TPSA) is 69.0 Å². The van der Waals surface area contributed by atoms with E-state index in [2.05, 4.69) is 15.6 Å². The minimum absolute atomic E-state index is 0.0164. The van der Waals surface area contributed by atoms with Crippen molar-refractivity contribution in [2.24, 2.45) is 0 Å². The maximum Gasteiger partial charge on any atom is 0.242 e. The second-order valence-corrected chi connectivity index (χ2v) is 4.16. The van der Waals surface area contributed by atoms with Crippen molar-refractivity contribution >= 4 is 16.9 Å². The van der Waals surface area contributed by atoms with E-state index in [4.69, 9.17) is 4.74 Å². The van der Waals surface area contributed by atoms with E-state index in [1.54, 1.807) is 11.8 Å². The molecule has 1 aromatic heterocycles. The molecule has 0 saturated carbocycles. The molecule has 0 aliphatic rings. The Morgan fingerprint density at radius 1 is 1.50 bits per heavy atom. The van der Waals surface area contributed by atoms with Crippen LogP contribution in [0.15, 0.2) is 24.3 Å². The van der Waals surface area contributed by atoms with E-state index in [9.17, 15) is 4.79 Å². The molecule has 2 aromatic rings. The smallest absolute Gasteiger partial charge is 0.242 e. The zero-order valence-electron chi connectivity index (χ0n) is 10.5. The van der Waals surface area contributed by atoms with Crippen molar-refractivity contribution in [2.75, 3.05) is 13.7 Å². The number of methoxy groups -OCH3 is 1. The third-order valence-electron chi connectivity index (χ3n) is 2.54. The molecule has 0 aliphatic heterocycles. The van der Waals surface area contributed by atoms with Crippen LogP contribution >= 0.6 is 0 Å². The van der Waals surface area contributed by atoms with E-state index in [1.807, 2.05) is 31.2 Å². The molecule has 96 valence electrons. The monoisotopic (exact) mass is 248 g/mol. The Labute approximate surface area is 105 Å². The van der Waals surface area contributed by atoms with Crippen molar-refractivity contribution in [1.82, 2.24) is 20.3 Å². The Balaban J connectivity index is 2.03. The fraction of sp³-hybridized carbons (Fsp3) is 0.417. The normalized spacial score (nSPS) is 12.6. The number of hydrogen-bond acceptors (Lipinski definition) is 4. The molecule has 0 aliphatic carbocycles. The van der Waals surface area contributed by atoms with E-state index in [0.29, 0.717) is 6.61 Å². The summed E-state index contributed by atoms with van der Waals surface area (Å²) >= 11 is 0. The molecule has 1 amide bonds. The molecule has 1 unspecified atom stereocenters. The summed E-state index contributed by atoms with van der Waals surface area (Å²) in [5, 5.41) is 10.8. The number of aromatic nitrogens is 3. The number of nitrogens with one attached hydrogen (secondary N) is 1. The molecule has 1 N–H and O–H groups in total. The van der Waals surface area contributed by atoms with Gasteiger partial charge in [-0.15, -0.1) is 5.10 Å². The second kappa shape index (κ2) is 5.59. The van der Waals surface area contributed by atoms with Crippen LogP contribution in [0.4, 0.5) is 0 Å². The Kier molecular flexibility index (Phi) is 3.88. The molecule has 2 rings (SSSR count). The second-order valence-electron chi connectivity index (χ2n) is 4.16. The number of carbonyl (C=O) groups is 1. The molecule has 1 aromatic carbocycles. The molecule has 6 heteroatoms. The van der Waals surface area contributed by atoms with Gasteiger partial charge in [-0.1, -0.05) is 17.3 Å². The van der Waals surface area contributed by atoms with E-state index >= 15 is 0 Å². The molecule has 0 spiro atoms.